The van der Waals surface area contributed by atoms with Crippen molar-refractivity contribution in [3.8, 4) is 0 Å². The van der Waals surface area contributed by atoms with Gasteiger partial charge in [0.25, 0.3) is 0 Å². The molecule has 1 fully saturated rings. The Bertz CT molecular complexity index is 372. The number of nitrogens with two attached hydrogens (primary N) is 1. The van der Waals surface area contributed by atoms with Crippen LogP contribution in [0.3, 0.4) is 0 Å². The predicted octanol–water partition coefficient (Wildman–Crippen LogP) is 3.02. The third kappa shape index (κ3) is 3.67. The fourth-order valence-corrected chi connectivity index (χ4v) is 4.98. The van der Waals surface area contributed by atoms with E-state index in [0.29, 0.717) is 11.3 Å². The minimum atomic E-state index is 0.299. The predicted molar refractivity (Wildman–Crippen MR) is 81.2 cm³/mol. The maximum absolute atomic E-state index is 6.37. The second-order valence-electron chi connectivity index (χ2n) is 4.78. The molecule has 0 saturated carbocycles. The van der Waals surface area contributed by atoms with Gasteiger partial charge in [0.15, 0.2) is 0 Å². The van der Waals surface area contributed by atoms with Crippen LogP contribution in [-0.4, -0.2) is 28.6 Å². The molecule has 1 aliphatic rings. The van der Waals surface area contributed by atoms with E-state index in [1.807, 2.05) is 11.8 Å². The molecule has 2 atom stereocenters. The molecule has 1 aromatic carbocycles. The van der Waals surface area contributed by atoms with Crippen molar-refractivity contribution in [2.24, 2.45) is 5.73 Å². The summed E-state index contributed by atoms with van der Waals surface area (Å²) in [6.07, 6.45) is 1.02. The van der Waals surface area contributed by atoms with Gasteiger partial charge in [0, 0.05) is 28.6 Å². The Hall–Kier alpha value is -0.120. The van der Waals surface area contributed by atoms with E-state index < -0.39 is 0 Å². The molecule has 0 spiro atoms. The van der Waals surface area contributed by atoms with Gasteiger partial charge in [-0.1, -0.05) is 23.8 Å². The largest absolute Gasteiger partial charge is 0.326 e. The summed E-state index contributed by atoms with van der Waals surface area (Å²) in [6, 6.07) is 6.97. The van der Waals surface area contributed by atoms with Gasteiger partial charge < -0.3 is 5.73 Å². The summed E-state index contributed by atoms with van der Waals surface area (Å²) in [7, 11) is 0. The Morgan fingerprint density at radius 3 is 2.88 bits per heavy atom. The molecule has 0 aromatic heterocycles. The summed E-state index contributed by atoms with van der Waals surface area (Å²) in [5, 5.41) is 0.633. The average Bonchev–Trinajstić information content (AvgIpc) is 2.35. The lowest BCUT2D eigenvalue weighted by Crippen LogP contribution is -2.38. The van der Waals surface area contributed by atoms with Gasteiger partial charge in [-0.3, -0.25) is 0 Å². The Balaban J connectivity index is 2.01. The van der Waals surface area contributed by atoms with Crippen molar-refractivity contribution in [2.75, 3.05) is 17.3 Å². The van der Waals surface area contributed by atoms with Crippen molar-refractivity contribution in [3.05, 3.63) is 34.9 Å². The van der Waals surface area contributed by atoms with Crippen molar-refractivity contribution in [2.45, 2.75) is 31.6 Å². The number of benzene rings is 1. The molecule has 0 amide bonds. The summed E-state index contributed by atoms with van der Waals surface area (Å²) in [4.78, 5) is 0. The summed E-state index contributed by atoms with van der Waals surface area (Å²) < 4.78 is 0. The second kappa shape index (κ2) is 6.17. The Morgan fingerprint density at radius 1 is 1.35 bits per heavy atom. The topological polar surface area (TPSA) is 26.0 Å². The van der Waals surface area contributed by atoms with Crippen LogP contribution < -0.4 is 5.73 Å². The summed E-state index contributed by atoms with van der Waals surface area (Å²) in [5.41, 5.74) is 10.5. The van der Waals surface area contributed by atoms with Crippen LogP contribution >= 0.6 is 23.5 Å². The van der Waals surface area contributed by atoms with E-state index in [9.17, 15) is 0 Å². The molecule has 1 heterocycles. The summed E-state index contributed by atoms with van der Waals surface area (Å²) in [5.74, 6) is 3.77. The van der Waals surface area contributed by atoms with Crippen molar-refractivity contribution in [3.63, 3.8) is 0 Å². The first-order valence-corrected chi connectivity index (χ1v) is 8.38. The highest BCUT2D eigenvalue weighted by Crippen LogP contribution is 2.27. The molecule has 0 radical (unpaired) electrons. The quantitative estimate of drug-likeness (QED) is 0.911. The first-order chi connectivity index (χ1) is 8.16. The molecule has 17 heavy (non-hydrogen) atoms. The standard InChI is InChI=1S/C14H21NS2/c1-10-3-4-11(2)12(7-10)8-13(15)14-9-16-5-6-17-14/h3-4,7,13-14H,5-6,8-9,15H2,1-2H3. The molecule has 1 saturated heterocycles. The van der Waals surface area contributed by atoms with Crippen molar-refractivity contribution in [1.29, 1.82) is 0 Å². The second-order valence-corrected chi connectivity index (χ2v) is 7.28. The first-order valence-electron chi connectivity index (χ1n) is 6.18. The van der Waals surface area contributed by atoms with Gasteiger partial charge in [-0.15, -0.1) is 0 Å². The lowest BCUT2D eigenvalue weighted by Gasteiger charge is -2.27. The fourth-order valence-electron chi connectivity index (χ4n) is 2.16. The molecule has 3 heteroatoms. The lowest BCUT2D eigenvalue weighted by molar-refractivity contribution is 0.661. The Morgan fingerprint density at radius 2 is 2.18 bits per heavy atom. The van der Waals surface area contributed by atoms with Crippen molar-refractivity contribution < 1.29 is 0 Å². The zero-order valence-corrected chi connectivity index (χ0v) is 12.2. The van der Waals surface area contributed by atoms with Gasteiger partial charge in [-0.25, -0.2) is 0 Å². The molecule has 2 N–H and O–H groups in total. The zero-order valence-electron chi connectivity index (χ0n) is 10.6. The monoisotopic (exact) mass is 267 g/mol. The normalized spacial score (nSPS) is 22.4. The smallest absolute Gasteiger partial charge is 0.0293 e. The van der Waals surface area contributed by atoms with Gasteiger partial charge >= 0.3 is 0 Å². The molecule has 0 aliphatic carbocycles. The Kier molecular flexibility index (Phi) is 4.83. The van der Waals surface area contributed by atoms with E-state index >= 15 is 0 Å². The molecule has 2 rings (SSSR count). The van der Waals surface area contributed by atoms with Crippen LogP contribution in [0.4, 0.5) is 0 Å². The van der Waals surface area contributed by atoms with Gasteiger partial charge in [0.2, 0.25) is 0 Å². The molecule has 1 aromatic rings. The maximum Gasteiger partial charge on any atom is 0.0293 e. The minimum Gasteiger partial charge on any atom is -0.326 e. The molecule has 94 valence electrons. The highest BCUT2D eigenvalue weighted by Gasteiger charge is 2.22. The van der Waals surface area contributed by atoms with E-state index in [1.54, 1.807) is 0 Å². The van der Waals surface area contributed by atoms with E-state index in [4.69, 9.17) is 5.73 Å². The fraction of sp³-hybridized carbons (Fsp3) is 0.571. The Labute approximate surface area is 113 Å². The van der Waals surface area contributed by atoms with Crippen LogP contribution in [0, 0.1) is 13.8 Å². The van der Waals surface area contributed by atoms with E-state index in [1.165, 1.54) is 33.9 Å². The molecule has 1 aliphatic heterocycles. The molecular weight excluding hydrogens is 246 g/mol. The minimum absolute atomic E-state index is 0.299. The number of thioether (sulfide) groups is 2. The summed E-state index contributed by atoms with van der Waals surface area (Å²) in [6.45, 7) is 4.34. The SMILES string of the molecule is Cc1ccc(C)c(CC(N)C2CSCCS2)c1. The molecular formula is C14H21NS2. The molecule has 1 nitrogen and oxygen atoms in total. The third-order valence-electron chi connectivity index (χ3n) is 3.28. The number of rotatable bonds is 3. The van der Waals surface area contributed by atoms with Crippen LogP contribution in [0.1, 0.15) is 16.7 Å². The zero-order chi connectivity index (χ0) is 12.3. The average molecular weight is 267 g/mol. The van der Waals surface area contributed by atoms with Gasteiger partial charge in [0.1, 0.15) is 0 Å². The molecule has 0 bridgehead atoms. The van der Waals surface area contributed by atoms with E-state index in [0.717, 1.165) is 6.42 Å². The molecule has 2 unspecified atom stereocenters. The highest BCUT2D eigenvalue weighted by molar-refractivity contribution is 8.06. The van der Waals surface area contributed by atoms with E-state index in [2.05, 4.69) is 43.8 Å². The lowest BCUT2D eigenvalue weighted by atomic mass is 9.98. The van der Waals surface area contributed by atoms with Gasteiger partial charge in [-0.05, 0) is 31.4 Å². The maximum atomic E-state index is 6.37. The van der Waals surface area contributed by atoms with Crippen LogP contribution in [0.2, 0.25) is 0 Å². The van der Waals surface area contributed by atoms with Crippen molar-refractivity contribution in [1.82, 2.24) is 0 Å². The summed E-state index contributed by atoms with van der Waals surface area (Å²) >= 11 is 4.10. The van der Waals surface area contributed by atoms with Crippen LogP contribution in [0.5, 0.6) is 0 Å². The van der Waals surface area contributed by atoms with Crippen LogP contribution in [-0.2, 0) is 6.42 Å². The van der Waals surface area contributed by atoms with Crippen LogP contribution in [0.25, 0.3) is 0 Å². The highest BCUT2D eigenvalue weighted by atomic mass is 32.2. The van der Waals surface area contributed by atoms with Gasteiger partial charge in [0.05, 0.1) is 0 Å². The van der Waals surface area contributed by atoms with E-state index in [-0.39, 0.29) is 0 Å². The number of hydrogen-bond acceptors (Lipinski definition) is 3. The number of hydrogen-bond donors (Lipinski definition) is 1. The van der Waals surface area contributed by atoms with Crippen LogP contribution in [0.15, 0.2) is 18.2 Å². The first kappa shape index (κ1) is 13.3. The third-order valence-corrected chi connectivity index (χ3v) is 6.22. The van der Waals surface area contributed by atoms with Crippen molar-refractivity contribution >= 4 is 23.5 Å². The van der Waals surface area contributed by atoms with Gasteiger partial charge in [-0.2, -0.15) is 23.5 Å². The number of aryl methyl sites for hydroxylation is 2.